The molecule has 0 radical (unpaired) electrons. The fraction of sp³-hybridized carbons (Fsp3) is 0.429. The van der Waals surface area contributed by atoms with Crippen LogP contribution in [0.25, 0.3) is 0 Å². The third-order valence-corrected chi connectivity index (χ3v) is 8.55. The van der Waals surface area contributed by atoms with Crippen molar-refractivity contribution in [1.82, 2.24) is 4.90 Å². The summed E-state index contributed by atoms with van der Waals surface area (Å²) in [6.07, 6.45) is 0.742. The van der Waals surface area contributed by atoms with Gasteiger partial charge in [-0.3, -0.25) is 0 Å². The monoisotopic (exact) mass is 469 g/mol. The van der Waals surface area contributed by atoms with Crippen LogP contribution in [0.4, 0.5) is 14.5 Å². The van der Waals surface area contributed by atoms with Gasteiger partial charge in [-0.2, -0.15) is 0 Å². The number of anilines is 1. The molecular formula is C21H24F2IN2-. The number of benzene rings is 2. The Kier molecular flexibility index (Phi) is 4.94. The molecule has 2 aromatic carbocycles. The minimum absolute atomic E-state index is 0.00367. The Labute approximate surface area is 164 Å². The predicted molar refractivity (Wildman–Crippen MR) is 96.4 cm³/mol. The molecule has 0 spiro atoms. The Morgan fingerprint density at radius 1 is 1.00 bits per heavy atom. The molecule has 2 aliphatic rings. The van der Waals surface area contributed by atoms with E-state index < -0.39 is 21.2 Å². The number of rotatable bonds is 4. The summed E-state index contributed by atoms with van der Waals surface area (Å²) in [5.74, 6) is -0.114. The van der Waals surface area contributed by atoms with E-state index in [9.17, 15) is 4.39 Å². The third-order valence-electron chi connectivity index (χ3n) is 5.47. The van der Waals surface area contributed by atoms with E-state index in [-0.39, 0.29) is 15.7 Å². The van der Waals surface area contributed by atoms with Crippen molar-refractivity contribution in [3.05, 3.63) is 62.2 Å². The maximum atomic E-state index is 15.1. The number of fused-ring (bicyclic) bond motifs is 2. The zero-order chi connectivity index (χ0) is 18.4. The van der Waals surface area contributed by atoms with E-state index in [1.165, 1.54) is 6.07 Å². The van der Waals surface area contributed by atoms with Crippen molar-refractivity contribution in [3.8, 4) is 0 Å². The second-order valence-electron chi connectivity index (χ2n) is 7.36. The van der Waals surface area contributed by atoms with Gasteiger partial charge in [-0.25, -0.2) is 0 Å². The Hall–Kier alpha value is -1.21. The van der Waals surface area contributed by atoms with Crippen LogP contribution < -0.4 is 26.1 Å². The molecule has 0 bridgehead atoms. The second kappa shape index (κ2) is 7.08. The van der Waals surface area contributed by atoms with Gasteiger partial charge in [-0.05, 0) is 0 Å². The Morgan fingerprint density at radius 2 is 1.81 bits per heavy atom. The zero-order valence-electron chi connectivity index (χ0n) is 15.4. The summed E-state index contributed by atoms with van der Waals surface area (Å²) in [4.78, 5) is 4.57. The summed E-state index contributed by atoms with van der Waals surface area (Å²) in [5.41, 5.74) is 3.82. The summed E-state index contributed by atoms with van der Waals surface area (Å²) in [5, 5.41) is 0. The van der Waals surface area contributed by atoms with Gasteiger partial charge in [-0.1, -0.05) is 0 Å². The molecule has 2 aliphatic heterocycles. The topological polar surface area (TPSA) is 6.48 Å². The van der Waals surface area contributed by atoms with Crippen LogP contribution in [0.2, 0.25) is 0 Å². The van der Waals surface area contributed by atoms with Crippen LogP contribution in [0.5, 0.6) is 0 Å². The predicted octanol–water partition coefficient (Wildman–Crippen LogP) is 1.36. The number of hydrogen-bond donors (Lipinski definition) is 0. The molecule has 140 valence electrons. The van der Waals surface area contributed by atoms with Gasteiger partial charge in [0.25, 0.3) is 0 Å². The average molecular weight is 469 g/mol. The van der Waals surface area contributed by atoms with Crippen molar-refractivity contribution in [2.75, 3.05) is 11.4 Å². The Bertz CT molecular complexity index is 837. The number of alkyl halides is 1. The average Bonchev–Trinajstić information content (AvgIpc) is 3.22. The van der Waals surface area contributed by atoms with E-state index in [1.54, 1.807) is 6.07 Å². The summed E-state index contributed by atoms with van der Waals surface area (Å²) in [6, 6.07) is 9.82. The van der Waals surface area contributed by atoms with Gasteiger partial charge < -0.3 is 0 Å². The molecule has 1 unspecified atom stereocenters. The van der Waals surface area contributed by atoms with Crippen LogP contribution in [-0.4, -0.2) is 21.5 Å². The molecule has 1 atom stereocenters. The molecule has 2 nitrogen and oxygen atoms in total. The molecule has 0 amide bonds. The van der Waals surface area contributed by atoms with E-state index in [2.05, 4.69) is 36.6 Å². The summed E-state index contributed by atoms with van der Waals surface area (Å²) in [7, 11) is 0. The van der Waals surface area contributed by atoms with Gasteiger partial charge >= 0.3 is 165 Å². The molecule has 0 fully saturated rings. The van der Waals surface area contributed by atoms with E-state index >= 15 is 4.39 Å². The molecule has 0 saturated carbocycles. The number of halogens is 3. The van der Waals surface area contributed by atoms with Gasteiger partial charge in [0, 0.05) is 0 Å². The normalized spacial score (nSPS) is 17.8. The van der Waals surface area contributed by atoms with Crippen molar-refractivity contribution in [2.24, 2.45) is 0 Å². The first-order valence-electron chi connectivity index (χ1n) is 9.17. The molecule has 4 rings (SSSR count). The first kappa shape index (κ1) is 18.2. The first-order valence-corrected chi connectivity index (χ1v) is 11.5. The van der Waals surface area contributed by atoms with Gasteiger partial charge in [0.2, 0.25) is 0 Å². The summed E-state index contributed by atoms with van der Waals surface area (Å²) >= 11 is -0.535. The third kappa shape index (κ3) is 3.13. The van der Waals surface area contributed by atoms with Gasteiger partial charge in [0.15, 0.2) is 0 Å². The fourth-order valence-corrected chi connectivity index (χ4v) is 6.77. The van der Waals surface area contributed by atoms with Gasteiger partial charge in [-0.15, -0.1) is 0 Å². The van der Waals surface area contributed by atoms with E-state index in [4.69, 9.17) is 0 Å². The second-order valence-corrected chi connectivity index (χ2v) is 10.9. The van der Waals surface area contributed by atoms with Crippen molar-refractivity contribution in [3.63, 3.8) is 0 Å². The maximum absolute atomic E-state index is 15.1. The number of hydrogen-bond acceptors (Lipinski definition) is 2. The zero-order valence-corrected chi connectivity index (χ0v) is 17.6. The standard InChI is InChI=1S/C21H24F2IN2/c1-13(2)25-11-15-7-8-19(21(23)17(15)12-25)24-14(3)26-10-9-16-18(22)5-4-6-20(16)26/h4-8,13-14H,9-12H2,1-3H3/q-1. The van der Waals surface area contributed by atoms with Crippen LogP contribution in [0, 0.1) is 15.2 Å². The van der Waals surface area contributed by atoms with E-state index in [1.807, 2.05) is 12.1 Å². The SMILES string of the molecule is CC(C)N1Cc2ccc([I-]C(C)N3CCc4c(F)cccc43)c(F)c2C1. The van der Waals surface area contributed by atoms with Crippen LogP contribution in [-0.2, 0) is 19.5 Å². The fourth-order valence-electron chi connectivity index (χ4n) is 3.89. The molecule has 2 aromatic rings. The van der Waals surface area contributed by atoms with Crippen LogP contribution in [0.15, 0.2) is 30.3 Å². The van der Waals surface area contributed by atoms with Gasteiger partial charge in [0.1, 0.15) is 0 Å². The summed E-state index contributed by atoms with van der Waals surface area (Å²) < 4.78 is 30.3. The minimum atomic E-state index is -0.535. The van der Waals surface area contributed by atoms with E-state index in [0.29, 0.717) is 12.6 Å². The molecule has 0 aliphatic carbocycles. The molecule has 0 aromatic heterocycles. The Balaban J connectivity index is 1.55. The summed E-state index contributed by atoms with van der Waals surface area (Å²) in [6.45, 7) is 8.85. The van der Waals surface area contributed by atoms with Crippen molar-refractivity contribution >= 4 is 5.69 Å². The van der Waals surface area contributed by atoms with Crippen LogP contribution in [0.3, 0.4) is 0 Å². The van der Waals surface area contributed by atoms with Gasteiger partial charge in [0.05, 0.1) is 0 Å². The molecule has 0 saturated heterocycles. The van der Waals surface area contributed by atoms with Crippen molar-refractivity contribution in [2.45, 2.75) is 50.4 Å². The van der Waals surface area contributed by atoms with Crippen LogP contribution >= 0.6 is 0 Å². The Morgan fingerprint density at radius 3 is 2.58 bits per heavy atom. The quantitative estimate of drug-likeness (QED) is 0.379. The first-order chi connectivity index (χ1) is 12.5. The molecule has 26 heavy (non-hydrogen) atoms. The molecule has 0 N–H and O–H groups in total. The van der Waals surface area contributed by atoms with Crippen molar-refractivity contribution < 1.29 is 30.0 Å². The van der Waals surface area contributed by atoms with Crippen LogP contribution in [0.1, 0.15) is 37.5 Å². The number of nitrogens with zero attached hydrogens (tertiary/aromatic N) is 2. The van der Waals surface area contributed by atoms with Crippen molar-refractivity contribution in [1.29, 1.82) is 0 Å². The van der Waals surface area contributed by atoms with E-state index in [0.717, 1.165) is 45.5 Å². The molecule has 5 heteroatoms. The molecule has 2 heterocycles. The molecular weight excluding hydrogens is 445 g/mol.